The summed E-state index contributed by atoms with van der Waals surface area (Å²) in [5.41, 5.74) is 0.798. The molecule has 1 N–H and O–H groups in total. The molecule has 1 aromatic carbocycles. The first kappa shape index (κ1) is 18.3. The van der Waals surface area contributed by atoms with Crippen LogP contribution in [0.2, 0.25) is 0 Å². The Hall–Kier alpha value is -2.03. The first-order valence-electron chi connectivity index (χ1n) is 9.18. The molecule has 27 heavy (non-hydrogen) atoms. The van der Waals surface area contributed by atoms with Gasteiger partial charge in [0.1, 0.15) is 5.82 Å². The number of hydrogen-bond donors (Lipinski definition) is 1. The van der Waals surface area contributed by atoms with Crippen LogP contribution in [-0.2, 0) is 11.2 Å². The molecule has 0 spiro atoms. The summed E-state index contributed by atoms with van der Waals surface area (Å²) in [6.45, 7) is 7.42. The summed E-state index contributed by atoms with van der Waals surface area (Å²) in [6, 6.07) is 6.27. The number of benzene rings is 1. The van der Waals surface area contributed by atoms with Gasteiger partial charge < -0.3 is 9.84 Å². The van der Waals surface area contributed by atoms with Crippen molar-refractivity contribution in [2.75, 3.05) is 13.1 Å². The van der Waals surface area contributed by atoms with Gasteiger partial charge in [0.15, 0.2) is 5.82 Å². The van der Waals surface area contributed by atoms with Crippen LogP contribution in [-0.4, -0.2) is 49.9 Å². The van der Waals surface area contributed by atoms with Gasteiger partial charge in [0.25, 0.3) is 0 Å². The number of morpholine rings is 1. The molecule has 4 rings (SSSR count). The molecule has 1 saturated heterocycles. The molecule has 0 saturated carbocycles. The fraction of sp³-hybridized carbons (Fsp3) is 0.474. The van der Waals surface area contributed by atoms with Crippen molar-refractivity contribution in [2.45, 2.75) is 45.4 Å². The molecule has 2 aromatic heterocycles. The largest absolute Gasteiger partial charge is 0.492 e. The van der Waals surface area contributed by atoms with Crippen molar-refractivity contribution < 1.29 is 14.2 Å². The number of halogens is 1. The van der Waals surface area contributed by atoms with E-state index in [0.717, 1.165) is 10.4 Å². The van der Waals surface area contributed by atoms with Crippen LogP contribution in [0.1, 0.15) is 43.1 Å². The fourth-order valence-electron chi connectivity index (χ4n) is 3.75. The Labute approximate surface area is 161 Å². The second kappa shape index (κ2) is 7.18. The Bertz CT molecular complexity index is 946. The highest BCUT2D eigenvalue weighted by molar-refractivity contribution is 7.17. The lowest BCUT2D eigenvalue weighted by atomic mass is 10.0. The Morgan fingerprint density at radius 3 is 2.70 bits per heavy atom. The maximum absolute atomic E-state index is 14.0. The summed E-state index contributed by atoms with van der Waals surface area (Å²) in [5, 5.41) is 15.2. The van der Waals surface area contributed by atoms with Crippen molar-refractivity contribution >= 4 is 16.3 Å². The molecule has 1 fully saturated rings. The molecule has 0 radical (unpaired) electrons. The zero-order valence-corrected chi connectivity index (χ0v) is 16.4. The lowest BCUT2D eigenvalue weighted by Gasteiger charge is -2.40. The van der Waals surface area contributed by atoms with Crippen LogP contribution < -0.4 is 0 Å². The molecule has 8 heteroatoms. The Morgan fingerprint density at radius 1 is 1.33 bits per heavy atom. The first-order chi connectivity index (χ1) is 13.0. The maximum atomic E-state index is 14.0. The smallest absolute Gasteiger partial charge is 0.230 e. The van der Waals surface area contributed by atoms with E-state index in [0.29, 0.717) is 30.3 Å². The first-order valence-corrected chi connectivity index (χ1v) is 10.00. The minimum absolute atomic E-state index is 0.0563. The van der Waals surface area contributed by atoms with E-state index in [9.17, 15) is 9.50 Å². The van der Waals surface area contributed by atoms with Gasteiger partial charge in [0.05, 0.1) is 23.1 Å². The van der Waals surface area contributed by atoms with E-state index in [2.05, 4.69) is 15.0 Å². The average molecular weight is 390 g/mol. The van der Waals surface area contributed by atoms with Crippen molar-refractivity contribution in [1.82, 2.24) is 19.5 Å². The third-order valence-corrected chi connectivity index (χ3v) is 5.86. The summed E-state index contributed by atoms with van der Waals surface area (Å²) >= 11 is 1.40. The summed E-state index contributed by atoms with van der Waals surface area (Å²) < 4.78 is 21.3. The highest BCUT2D eigenvalue weighted by Gasteiger charge is 2.34. The van der Waals surface area contributed by atoms with Crippen LogP contribution >= 0.6 is 11.3 Å². The SMILES string of the molecule is CCc1nc2sc([C@H](c3cccc(F)c3)N3C[C@@H](C)O[C@H](C)C3)c(O)n2n1. The number of ether oxygens (including phenoxy) is 1. The summed E-state index contributed by atoms with van der Waals surface area (Å²) in [4.78, 5) is 8.08. The van der Waals surface area contributed by atoms with E-state index in [-0.39, 0.29) is 29.9 Å². The van der Waals surface area contributed by atoms with Crippen molar-refractivity contribution in [1.29, 1.82) is 0 Å². The van der Waals surface area contributed by atoms with Gasteiger partial charge in [-0.05, 0) is 31.5 Å². The van der Waals surface area contributed by atoms with Gasteiger partial charge in [-0.1, -0.05) is 30.4 Å². The van der Waals surface area contributed by atoms with Crippen LogP contribution in [0.4, 0.5) is 4.39 Å². The molecule has 0 unspecified atom stereocenters. The molecule has 1 aliphatic heterocycles. The predicted octanol–water partition coefficient (Wildman–Crippen LogP) is 3.40. The summed E-state index contributed by atoms with van der Waals surface area (Å²) in [5.74, 6) is 0.473. The average Bonchev–Trinajstić information content (AvgIpc) is 3.14. The number of aromatic hydroxyl groups is 1. The van der Waals surface area contributed by atoms with Crippen LogP contribution in [0.5, 0.6) is 5.88 Å². The molecule has 3 aromatic rings. The maximum Gasteiger partial charge on any atom is 0.230 e. The second-order valence-electron chi connectivity index (χ2n) is 7.03. The standard InChI is InChI=1S/C19H23FN4O2S/c1-4-15-21-19-24(22-15)18(25)17(27-19)16(13-6-5-7-14(20)8-13)23-9-11(2)26-12(3)10-23/h5-8,11-12,16,25H,4,9-10H2,1-3H3/t11-,12-,16+/m1/s1. The Morgan fingerprint density at radius 2 is 2.07 bits per heavy atom. The van der Waals surface area contributed by atoms with E-state index in [1.165, 1.54) is 28.0 Å². The predicted molar refractivity (Wildman–Crippen MR) is 102 cm³/mol. The Balaban J connectivity index is 1.82. The zero-order chi connectivity index (χ0) is 19.1. The number of aromatic nitrogens is 3. The van der Waals surface area contributed by atoms with E-state index < -0.39 is 0 Å². The van der Waals surface area contributed by atoms with Crippen LogP contribution in [0.25, 0.3) is 4.96 Å². The van der Waals surface area contributed by atoms with Crippen molar-refractivity contribution in [3.05, 3.63) is 46.3 Å². The zero-order valence-electron chi connectivity index (χ0n) is 15.6. The number of fused-ring (bicyclic) bond motifs is 1. The van der Waals surface area contributed by atoms with Gasteiger partial charge >= 0.3 is 0 Å². The molecular weight excluding hydrogens is 367 g/mol. The van der Waals surface area contributed by atoms with E-state index in [4.69, 9.17) is 4.74 Å². The number of aryl methyl sites for hydroxylation is 1. The third kappa shape index (κ3) is 3.44. The number of rotatable bonds is 4. The van der Waals surface area contributed by atoms with Gasteiger partial charge in [-0.15, -0.1) is 5.10 Å². The molecule has 3 atom stereocenters. The minimum Gasteiger partial charge on any atom is -0.492 e. The van der Waals surface area contributed by atoms with Gasteiger partial charge in [-0.25, -0.2) is 9.37 Å². The van der Waals surface area contributed by atoms with Gasteiger partial charge in [0.2, 0.25) is 10.8 Å². The molecule has 0 aliphatic carbocycles. The number of hydrogen-bond acceptors (Lipinski definition) is 6. The van der Waals surface area contributed by atoms with E-state index in [1.807, 2.05) is 26.8 Å². The van der Waals surface area contributed by atoms with Gasteiger partial charge in [-0.3, -0.25) is 4.90 Å². The minimum atomic E-state index is -0.293. The molecule has 3 heterocycles. The molecule has 0 amide bonds. The summed E-state index contributed by atoms with van der Waals surface area (Å²) in [6.07, 6.45) is 0.816. The monoisotopic (exact) mass is 390 g/mol. The highest BCUT2D eigenvalue weighted by Crippen LogP contribution is 2.41. The fourth-order valence-corrected chi connectivity index (χ4v) is 4.89. The molecule has 6 nitrogen and oxygen atoms in total. The van der Waals surface area contributed by atoms with Crippen molar-refractivity contribution in [3.8, 4) is 5.88 Å². The van der Waals surface area contributed by atoms with E-state index >= 15 is 0 Å². The lowest BCUT2D eigenvalue weighted by molar-refractivity contribution is -0.0764. The lowest BCUT2D eigenvalue weighted by Crippen LogP contribution is -2.47. The normalized spacial score (nSPS) is 22.4. The van der Waals surface area contributed by atoms with Gasteiger partial charge in [-0.2, -0.15) is 4.52 Å². The van der Waals surface area contributed by atoms with Crippen LogP contribution in [0.3, 0.4) is 0 Å². The molecule has 0 bridgehead atoms. The van der Waals surface area contributed by atoms with Crippen molar-refractivity contribution in [3.63, 3.8) is 0 Å². The van der Waals surface area contributed by atoms with Crippen LogP contribution in [0, 0.1) is 5.82 Å². The topological polar surface area (TPSA) is 62.9 Å². The van der Waals surface area contributed by atoms with E-state index in [1.54, 1.807) is 6.07 Å². The Kier molecular flexibility index (Phi) is 4.88. The number of thiazole rings is 1. The summed E-state index contributed by atoms with van der Waals surface area (Å²) in [7, 11) is 0. The molecule has 1 aliphatic rings. The second-order valence-corrected chi connectivity index (χ2v) is 8.04. The number of nitrogens with zero attached hydrogens (tertiary/aromatic N) is 4. The van der Waals surface area contributed by atoms with Crippen LogP contribution in [0.15, 0.2) is 24.3 Å². The highest BCUT2D eigenvalue weighted by atomic mass is 32.1. The van der Waals surface area contributed by atoms with Crippen molar-refractivity contribution in [2.24, 2.45) is 0 Å². The third-order valence-electron chi connectivity index (χ3n) is 4.79. The van der Waals surface area contributed by atoms with Gasteiger partial charge in [0, 0.05) is 19.5 Å². The molecule has 144 valence electrons. The quantitative estimate of drug-likeness (QED) is 0.740. The molecular formula is C19H23FN4O2S.